The molecule has 2 aromatic heterocycles. The third-order valence-electron chi connectivity index (χ3n) is 4.81. The number of fused-ring (bicyclic) bond motifs is 1. The van der Waals surface area contributed by atoms with Crippen molar-refractivity contribution in [2.45, 2.75) is 52.4 Å². The number of aromatic nitrogens is 4. The highest BCUT2D eigenvalue weighted by Gasteiger charge is 2.31. The fourth-order valence-corrected chi connectivity index (χ4v) is 3.36. The number of methoxy groups -OCH3 is 1. The van der Waals surface area contributed by atoms with E-state index >= 15 is 0 Å². The Morgan fingerprint density at radius 3 is 2.41 bits per heavy atom. The lowest BCUT2D eigenvalue weighted by molar-refractivity contribution is -0.274. The molecule has 3 rings (SSSR count). The second-order valence-corrected chi connectivity index (χ2v) is 6.55. The Hall–Kier alpha value is -2.84. The zero-order valence-electron chi connectivity index (χ0n) is 16.7. The predicted octanol–water partition coefficient (Wildman–Crippen LogP) is 5.32. The van der Waals surface area contributed by atoms with E-state index in [9.17, 15) is 13.2 Å². The molecule has 0 saturated carbocycles. The molecule has 2 heterocycles. The number of rotatable bonds is 7. The van der Waals surface area contributed by atoms with Gasteiger partial charge in [0.05, 0.1) is 24.8 Å². The van der Waals surface area contributed by atoms with Gasteiger partial charge in [-0.2, -0.15) is 0 Å². The molecule has 0 fully saturated rings. The van der Waals surface area contributed by atoms with Crippen molar-refractivity contribution >= 4 is 11.3 Å². The monoisotopic (exact) mass is 408 g/mol. The van der Waals surface area contributed by atoms with Crippen LogP contribution in [0.5, 0.6) is 11.5 Å². The van der Waals surface area contributed by atoms with Crippen LogP contribution in [-0.2, 0) is 6.42 Å². The summed E-state index contributed by atoms with van der Waals surface area (Å²) in [5.41, 5.74) is 2.97. The topological polar surface area (TPSA) is 62.1 Å². The number of hydrogen-bond donors (Lipinski definition) is 0. The molecule has 6 nitrogen and oxygen atoms in total. The van der Waals surface area contributed by atoms with E-state index in [2.05, 4.69) is 28.6 Å². The minimum Gasteiger partial charge on any atom is -0.496 e. The largest absolute Gasteiger partial charge is 0.573 e. The van der Waals surface area contributed by atoms with E-state index in [1.165, 1.54) is 25.3 Å². The third kappa shape index (κ3) is 4.28. The molecule has 156 valence electrons. The van der Waals surface area contributed by atoms with Gasteiger partial charge < -0.3 is 14.0 Å². The minimum absolute atomic E-state index is 0.217. The van der Waals surface area contributed by atoms with E-state index in [4.69, 9.17) is 9.72 Å². The van der Waals surface area contributed by atoms with Crippen LogP contribution >= 0.6 is 0 Å². The van der Waals surface area contributed by atoms with Gasteiger partial charge in [0.15, 0.2) is 11.3 Å². The van der Waals surface area contributed by atoms with Crippen molar-refractivity contribution in [2.24, 2.45) is 0 Å². The number of alkyl halides is 3. The SMILES string of the molecule is CCc1nc2c(ncn2C(CC)CC)nc1-c1ccc(OC(F)(F)F)cc1OC. The lowest BCUT2D eigenvalue weighted by atomic mass is 10.1. The van der Waals surface area contributed by atoms with Crippen molar-refractivity contribution in [3.8, 4) is 22.8 Å². The number of benzene rings is 1. The van der Waals surface area contributed by atoms with Crippen LogP contribution in [0, 0.1) is 0 Å². The molecule has 0 unspecified atom stereocenters. The van der Waals surface area contributed by atoms with Gasteiger partial charge in [-0.3, -0.25) is 0 Å². The maximum absolute atomic E-state index is 12.5. The maximum atomic E-state index is 12.5. The highest BCUT2D eigenvalue weighted by Crippen LogP contribution is 2.36. The van der Waals surface area contributed by atoms with Gasteiger partial charge in [-0.1, -0.05) is 20.8 Å². The lowest BCUT2D eigenvalue weighted by Crippen LogP contribution is -2.17. The Morgan fingerprint density at radius 2 is 1.83 bits per heavy atom. The Morgan fingerprint density at radius 1 is 1.10 bits per heavy atom. The van der Waals surface area contributed by atoms with E-state index in [0.717, 1.165) is 12.8 Å². The van der Waals surface area contributed by atoms with Crippen LogP contribution in [0.4, 0.5) is 13.2 Å². The summed E-state index contributed by atoms with van der Waals surface area (Å²) in [5, 5.41) is 0. The average Bonchev–Trinajstić information content (AvgIpc) is 3.09. The Kier molecular flexibility index (Phi) is 5.95. The van der Waals surface area contributed by atoms with Gasteiger partial charge in [-0.05, 0) is 31.4 Å². The third-order valence-corrected chi connectivity index (χ3v) is 4.81. The minimum atomic E-state index is -4.78. The van der Waals surface area contributed by atoms with Gasteiger partial charge in [0.1, 0.15) is 11.5 Å². The van der Waals surface area contributed by atoms with Crippen molar-refractivity contribution in [1.29, 1.82) is 0 Å². The van der Waals surface area contributed by atoms with Gasteiger partial charge in [-0.25, -0.2) is 15.0 Å². The summed E-state index contributed by atoms with van der Waals surface area (Å²) >= 11 is 0. The summed E-state index contributed by atoms with van der Waals surface area (Å²) in [4.78, 5) is 13.8. The Bertz CT molecular complexity index is 997. The van der Waals surface area contributed by atoms with E-state index in [-0.39, 0.29) is 17.5 Å². The number of hydrogen-bond acceptors (Lipinski definition) is 5. The summed E-state index contributed by atoms with van der Waals surface area (Å²) in [6, 6.07) is 4.20. The molecule has 0 aliphatic rings. The lowest BCUT2D eigenvalue weighted by Gasteiger charge is -2.16. The van der Waals surface area contributed by atoms with E-state index in [0.29, 0.717) is 34.7 Å². The van der Waals surface area contributed by atoms with Crippen LogP contribution in [0.3, 0.4) is 0 Å². The van der Waals surface area contributed by atoms with Crippen LogP contribution in [0.1, 0.15) is 45.3 Å². The van der Waals surface area contributed by atoms with Gasteiger partial charge in [0.2, 0.25) is 0 Å². The number of aryl methyl sites for hydroxylation is 1. The average molecular weight is 408 g/mol. The molecule has 0 atom stereocenters. The Labute approximate surface area is 166 Å². The van der Waals surface area contributed by atoms with Crippen LogP contribution in [0.2, 0.25) is 0 Å². The molecule has 0 saturated heterocycles. The number of halogens is 3. The summed E-state index contributed by atoms with van der Waals surface area (Å²) in [6.45, 7) is 6.17. The van der Waals surface area contributed by atoms with Crippen LogP contribution in [0.25, 0.3) is 22.6 Å². The van der Waals surface area contributed by atoms with E-state index in [1.807, 2.05) is 11.5 Å². The summed E-state index contributed by atoms with van der Waals surface area (Å²) < 4.78 is 48.9. The van der Waals surface area contributed by atoms with Crippen molar-refractivity contribution in [2.75, 3.05) is 7.11 Å². The van der Waals surface area contributed by atoms with Crippen LogP contribution in [0.15, 0.2) is 24.5 Å². The molecular weight excluding hydrogens is 385 g/mol. The number of imidazole rings is 1. The van der Waals surface area contributed by atoms with Gasteiger partial charge in [-0.15, -0.1) is 13.2 Å². The summed E-state index contributed by atoms with van der Waals surface area (Å²) in [7, 11) is 1.38. The molecule has 0 bridgehead atoms. The molecule has 1 aromatic carbocycles. The number of ether oxygens (including phenoxy) is 2. The van der Waals surface area contributed by atoms with Gasteiger partial charge in [0, 0.05) is 17.7 Å². The summed E-state index contributed by atoms with van der Waals surface area (Å²) in [6.07, 6.45) is -0.552. The molecule has 0 spiro atoms. The first-order chi connectivity index (χ1) is 13.8. The fourth-order valence-electron chi connectivity index (χ4n) is 3.36. The Balaban J connectivity index is 2.12. The first-order valence-corrected chi connectivity index (χ1v) is 9.48. The molecule has 3 aromatic rings. The van der Waals surface area contributed by atoms with Crippen molar-refractivity contribution < 1.29 is 22.6 Å². The summed E-state index contributed by atoms with van der Waals surface area (Å²) in [5.74, 6) is -0.141. The second kappa shape index (κ2) is 8.26. The predicted molar refractivity (Wildman–Crippen MR) is 103 cm³/mol. The maximum Gasteiger partial charge on any atom is 0.573 e. The van der Waals surface area contributed by atoms with Crippen molar-refractivity contribution in [3.63, 3.8) is 0 Å². The molecule has 9 heteroatoms. The molecule has 0 aliphatic heterocycles. The fraction of sp³-hybridized carbons (Fsp3) is 0.450. The normalized spacial score (nSPS) is 12.0. The van der Waals surface area contributed by atoms with Crippen molar-refractivity contribution in [1.82, 2.24) is 19.5 Å². The molecule has 0 radical (unpaired) electrons. The molecule has 0 N–H and O–H groups in total. The first kappa shape index (κ1) is 20.9. The molecular formula is C20H23F3N4O2. The van der Waals surface area contributed by atoms with Crippen LogP contribution in [-0.4, -0.2) is 33.0 Å². The van der Waals surface area contributed by atoms with Crippen LogP contribution < -0.4 is 9.47 Å². The molecule has 0 aliphatic carbocycles. The number of nitrogens with zero attached hydrogens (tertiary/aromatic N) is 4. The molecule has 29 heavy (non-hydrogen) atoms. The zero-order valence-corrected chi connectivity index (χ0v) is 16.7. The molecule has 0 amide bonds. The first-order valence-electron chi connectivity index (χ1n) is 9.48. The van der Waals surface area contributed by atoms with Crippen molar-refractivity contribution in [3.05, 3.63) is 30.2 Å². The smallest absolute Gasteiger partial charge is 0.496 e. The second-order valence-electron chi connectivity index (χ2n) is 6.55. The quantitative estimate of drug-likeness (QED) is 0.529. The van der Waals surface area contributed by atoms with Gasteiger partial charge >= 0.3 is 6.36 Å². The zero-order chi connectivity index (χ0) is 21.2. The highest BCUT2D eigenvalue weighted by molar-refractivity contribution is 5.76. The van der Waals surface area contributed by atoms with Gasteiger partial charge in [0.25, 0.3) is 0 Å². The van der Waals surface area contributed by atoms with E-state index in [1.54, 1.807) is 6.33 Å². The van der Waals surface area contributed by atoms with E-state index < -0.39 is 6.36 Å². The standard InChI is InChI=1S/C20H23F3N4O2/c1-5-12(6-2)27-11-24-18-19(27)25-15(7-3)17(26-18)14-9-8-13(10-16(14)28-4)29-20(21,22)23/h8-12H,5-7H2,1-4H3. The highest BCUT2D eigenvalue weighted by atomic mass is 19.4.